The van der Waals surface area contributed by atoms with E-state index in [0.717, 1.165) is 4.47 Å². The number of hydrogen-bond donors (Lipinski definition) is 1. The summed E-state index contributed by atoms with van der Waals surface area (Å²) in [6.07, 6.45) is 1.43. The van der Waals surface area contributed by atoms with E-state index in [2.05, 4.69) is 20.7 Å². The van der Waals surface area contributed by atoms with Gasteiger partial charge in [-0.25, -0.2) is 8.42 Å². The minimum Gasteiger partial charge on any atom is -0.316 e. The van der Waals surface area contributed by atoms with Crippen molar-refractivity contribution >= 4 is 31.6 Å². The third kappa shape index (κ3) is 3.24. The molecule has 19 heavy (non-hydrogen) atoms. The van der Waals surface area contributed by atoms with E-state index in [1.165, 1.54) is 35.0 Å². The number of anilines is 1. The molecule has 0 amide bonds. The van der Waals surface area contributed by atoms with Crippen molar-refractivity contribution in [1.82, 2.24) is 4.57 Å². The molecule has 0 spiro atoms. The normalized spacial score (nSPS) is 11.3. The fourth-order valence-corrected chi connectivity index (χ4v) is 2.79. The molecule has 2 rings (SSSR count). The Morgan fingerprint density at radius 2 is 1.74 bits per heavy atom. The second-order valence-electron chi connectivity index (χ2n) is 3.93. The van der Waals surface area contributed by atoms with Crippen LogP contribution in [0.1, 0.15) is 0 Å². The molecule has 0 atom stereocenters. The smallest absolute Gasteiger partial charge is 0.261 e. The van der Waals surface area contributed by atoms with Crippen molar-refractivity contribution in [2.45, 2.75) is 4.90 Å². The van der Waals surface area contributed by atoms with Crippen molar-refractivity contribution in [3.63, 3.8) is 0 Å². The summed E-state index contributed by atoms with van der Waals surface area (Å²) in [6, 6.07) is 9.02. The van der Waals surface area contributed by atoms with Crippen molar-refractivity contribution in [1.29, 1.82) is 0 Å². The van der Waals surface area contributed by atoms with Crippen molar-refractivity contribution in [3.05, 3.63) is 57.4 Å². The quantitative estimate of drug-likeness (QED) is 0.926. The molecule has 2 aromatic rings. The minimum absolute atomic E-state index is 0.157. The topological polar surface area (TPSA) is 68.2 Å². The third-order valence-electron chi connectivity index (χ3n) is 2.46. The molecule has 0 aliphatic rings. The van der Waals surface area contributed by atoms with E-state index in [4.69, 9.17) is 0 Å². The lowest BCUT2D eigenvalue weighted by molar-refractivity contribution is 0.601. The van der Waals surface area contributed by atoms with Gasteiger partial charge < -0.3 is 4.57 Å². The molecule has 0 saturated heterocycles. The van der Waals surface area contributed by atoms with Gasteiger partial charge in [-0.15, -0.1) is 0 Å². The van der Waals surface area contributed by atoms with Gasteiger partial charge in [0.05, 0.1) is 10.6 Å². The van der Waals surface area contributed by atoms with Crippen LogP contribution >= 0.6 is 15.9 Å². The number of pyridine rings is 1. The van der Waals surface area contributed by atoms with Crippen molar-refractivity contribution in [3.8, 4) is 0 Å². The van der Waals surface area contributed by atoms with Gasteiger partial charge in [0, 0.05) is 23.8 Å². The van der Waals surface area contributed by atoms with Crippen LogP contribution in [0, 0.1) is 0 Å². The molecule has 0 aliphatic carbocycles. The van der Waals surface area contributed by atoms with Gasteiger partial charge in [-0.3, -0.25) is 9.52 Å². The van der Waals surface area contributed by atoms with Crippen LogP contribution in [0.15, 0.2) is 56.8 Å². The second-order valence-corrected chi connectivity index (χ2v) is 6.52. The average molecular weight is 343 g/mol. The number of benzene rings is 1. The zero-order chi connectivity index (χ0) is 14.0. The molecule has 5 nitrogen and oxygen atoms in total. The Morgan fingerprint density at radius 1 is 1.11 bits per heavy atom. The van der Waals surface area contributed by atoms with E-state index in [9.17, 15) is 13.2 Å². The second kappa shape index (κ2) is 5.18. The van der Waals surface area contributed by atoms with Gasteiger partial charge in [-0.2, -0.15) is 0 Å². The van der Waals surface area contributed by atoms with E-state index in [0.29, 0.717) is 5.69 Å². The van der Waals surface area contributed by atoms with Crippen LogP contribution in [-0.4, -0.2) is 13.0 Å². The number of nitrogens with zero attached hydrogens (tertiary/aromatic N) is 1. The maximum Gasteiger partial charge on any atom is 0.261 e. The van der Waals surface area contributed by atoms with Crippen LogP contribution in [0.2, 0.25) is 0 Å². The number of hydrogen-bond acceptors (Lipinski definition) is 3. The summed E-state index contributed by atoms with van der Waals surface area (Å²) in [4.78, 5) is 11.4. The molecule has 0 unspecified atom stereocenters. The lowest BCUT2D eigenvalue weighted by Crippen LogP contribution is -2.18. The summed E-state index contributed by atoms with van der Waals surface area (Å²) in [7, 11) is -2.09. The Bertz CT molecular complexity index is 751. The fourth-order valence-electron chi connectivity index (χ4n) is 1.48. The first-order valence-electron chi connectivity index (χ1n) is 5.33. The fraction of sp³-hybridized carbons (Fsp3) is 0.0833. The van der Waals surface area contributed by atoms with E-state index in [1.807, 2.05) is 0 Å². The molecular formula is C12H11BrN2O3S. The summed E-state index contributed by atoms with van der Waals surface area (Å²) in [5, 5.41) is 0. The molecule has 0 radical (unpaired) electrons. The number of nitrogens with one attached hydrogen (secondary N) is 1. The van der Waals surface area contributed by atoms with Gasteiger partial charge in [0.2, 0.25) is 5.56 Å². The van der Waals surface area contributed by atoms with Crippen molar-refractivity contribution < 1.29 is 8.42 Å². The third-order valence-corrected chi connectivity index (χ3v) is 4.39. The first-order chi connectivity index (χ1) is 8.88. The summed E-state index contributed by atoms with van der Waals surface area (Å²) in [5.74, 6) is 0. The summed E-state index contributed by atoms with van der Waals surface area (Å²) < 4.78 is 28.7. The molecule has 1 aromatic heterocycles. The highest BCUT2D eigenvalue weighted by Crippen LogP contribution is 2.17. The predicted octanol–water partition coefficient (Wildman–Crippen LogP) is 1.95. The molecule has 0 aliphatic heterocycles. The van der Waals surface area contributed by atoms with E-state index >= 15 is 0 Å². The summed E-state index contributed by atoms with van der Waals surface area (Å²) in [5.41, 5.74) is 0.136. The van der Waals surface area contributed by atoms with Gasteiger partial charge in [-0.05, 0) is 30.3 Å². The first-order valence-corrected chi connectivity index (χ1v) is 7.61. The molecular weight excluding hydrogens is 332 g/mol. The van der Waals surface area contributed by atoms with Crippen LogP contribution in [0.3, 0.4) is 0 Å². The maximum absolute atomic E-state index is 12.1. The zero-order valence-electron chi connectivity index (χ0n) is 10.00. The van der Waals surface area contributed by atoms with E-state index in [1.54, 1.807) is 19.2 Å². The number of rotatable bonds is 3. The Kier molecular flexibility index (Phi) is 3.77. The number of sulfonamides is 1. The standard InChI is InChI=1S/C12H11BrN2O3S/c1-15-8-10(4-7-12(15)16)14-19(17,18)11-5-2-9(13)3-6-11/h2-8,14H,1H3. The van der Waals surface area contributed by atoms with Crippen molar-refractivity contribution in [2.75, 3.05) is 4.72 Å². The van der Waals surface area contributed by atoms with Gasteiger partial charge >= 0.3 is 0 Å². The van der Waals surface area contributed by atoms with E-state index in [-0.39, 0.29) is 10.5 Å². The first kappa shape index (κ1) is 13.8. The maximum atomic E-state index is 12.1. The monoisotopic (exact) mass is 342 g/mol. The lowest BCUT2D eigenvalue weighted by atomic mass is 10.4. The van der Waals surface area contributed by atoms with Gasteiger partial charge in [0.15, 0.2) is 0 Å². The largest absolute Gasteiger partial charge is 0.316 e. The lowest BCUT2D eigenvalue weighted by Gasteiger charge is -2.09. The molecule has 1 N–H and O–H groups in total. The van der Waals surface area contributed by atoms with E-state index < -0.39 is 10.0 Å². The summed E-state index contributed by atoms with van der Waals surface area (Å²) in [6.45, 7) is 0. The SMILES string of the molecule is Cn1cc(NS(=O)(=O)c2ccc(Br)cc2)ccc1=O. The molecule has 1 heterocycles. The Morgan fingerprint density at radius 3 is 2.32 bits per heavy atom. The van der Waals surface area contributed by atoms with Crippen LogP contribution < -0.4 is 10.3 Å². The number of aromatic nitrogens is 1. The number of halogens is 1. The molecule has 7 heteroatoms. The molecule has 0 bridgehead atoms. The van der Waals surface area contributed by atoms with Gasteiger partial charge in [-0.1, -0.05) is 15.9 Å². The van der Waals surface area contributed by atoms with Crippen LogP contribution in [0.4, 0.5) is 5.69 Å². The Balaban J connectivity index is 2.33. The van der Waals surface area contributed by atoms with Crippen LogP contribution in [0.25, 0.3) is 0 Å². The minimum atomic E-state index is -3.65. The molecule has 1 aromatic carbocycles. The Hall–Kier alpha value is -1.60. The van der Waals surface area contributed by atoms with Crippen LogP contribution in [-0.2, 0) is 17.1 Å². The highest BCUT2D eigenvalue weighted by Gasteiger charge is 2.14. The average Bonchev–Trinajstić information content (AvgIpc) is 2.34. The molecule has 0 fully saturated rings. The van der Waals surface area contributed by atoms with Crippen molar-refractivity contribution in [2.24, 2.45) is 7.05 Å². The Labute approximate surface area is 119 Å². The molecule has 100 valence electrons. The zero-order valence-corrected chi connectivity index (χ0v) is 12.4. The van der Waals surface area contributed by atoms with Gasteiger partial charge in [0.25, 0.3) is 10.0 Å². The predicted molar refractivity (Wildman–Crippen MR) is 76.6 cm³/mol. The molecule has 0 saturated carbocycles. The summed E-state index contributed by atoms with van der Waals surface area (Å²) >= 11 is 3.24. The highest BCUT2D eigenvalue weighted by molar-refractivity contribution is 9.10. The number of aryl methyl sites for hydroxylation is 1. The van der Waals surface area contributed by atoms with Gasteiger partial charge in [0.1, 0.15) is 0 Å². The van der Waals surface area contributed by atoms with Crippen LogP contribution in [0.5, 0.6) is 0 Å². The highest BCUT2D eigenvalue weighted by atomic mass is 79.9.